The van der Waals surface area contributed by atoms with Crippen molar-refractivity contribution in [2.75, 3.05) is 19.6 Å². The molecule has 1 aromatic rings. The zero-order valence-electron chi connectivity index (χ0n) is 16.3. The summed E-state index contributed by atoms with van der Waals surface area (Å²) in [6, 6.07) is 4.60. The van der Waals surface area contributed by atoms with E-state index >= 15 is 0 Å². The number of carboxylic acid groups (broad SMARTS) is 2. The molecule has 0 aliphatic heterocycles. The van der Waals surface area contributed by atoms with Gasteiger partial charge in [0.2, 0.25) is 0 Å². The predicted octanol–water partition coefficient (Wildman–Crippen LogP) is 3.44. The minimum Gasteiger partial charge on any atom is -0.473 e. The lowest BCUT2D eigenvalue weighted by molar-refractivity contribution is -0.159. The Balaban J connectivity index is 0.000000568. The Kier molecular flexibility index (Phi) is 9.85. The second-order valence-electron chi connectivity index (χ2n) is 7.05. The number of benzene rings is 1. The van der Waals surface area contributed by atoms with Gasteiger partial charge in [0.1, 0.15) is 5.82 Å². The van der Waals surface area contributed by atoms with Gasteiger partial charge in [0.25, 0.3) is 0 Å². The molecule has 28 heavy (non-hydrogen) atoms. The van der Waals surface area contributed by atoms with Crippen molar-refractivity contribution in [1.82, 2.24) is 4.90 Å². The molecule has 6 nitrogen and oxygen atoms in total. The Morgan fingerprint density at radius 1 is 1.21 bits per heavy atom. The zero-order valence-corrected chi connectivity index (χ0v) is 17.1. The minimum atomic E-state index is -1.82. The van der Waals surface area contributed by atoms with Crippen molar-refractivity contribution in [3.05, 3.63) is 34.6 Å². The number of halogens is 2. The highest BCUT2D eigenvalue weighted by molar-refractivity contribution is 6.30. The number of aliphatic hydroxyl groups is 1. The number of hydrogen-bond acceptors (Lipinski definition) is 4. The van der Waals surface area contributed by atoms with Gasteiger partial charge in [-0.25, -0.2) is 14.0 Å². The van der Waals surface area contributed by atoms with E-state index in [0.29, 0.717) is 17.0 Å². The predicted molar refractivity (Wildman–Crippen MR) is 105 cm³/mol. The Bertz CT molecular complexity index is 656. The molecule has 158 valence electrons. The van der Waals surface area contributed by atoms with Crippen LogP contribution in [-0.2, 0) is 16.0 Å². The fourth-order valence-corrected chi connectivity index (χ4v) is 3.79. The van der Waals surface area contributed by atoms with E-state index in [0.717, 1.165) is 45.3 Å². The highest BCUT2D eigenvalue weighted by atomic mass is 35.5. The Labute approximate surface area is 169 Å². The lowest BCUT2D eigenvalue weighted by atomic mass is 9.72. The van der Waals surface area contributed by atoms with E-state index in [9.17, 15) is 9.50 Å². The molecule has 3 N–H and O–H groups in total. The average Bonchev–Trinajstić information content (AvgIpc) is 2.64. The van der Waals surface area contributed by atoms with Crippen molar-refractivity contribution in [3.63, 3.8) is 0 Å². The number of nitrogens with zero attached hydrogens (tertiary/aromatic N) is 1. The van der Waals surface area contributed by atoms with Crippen LogP contribution in [0.3, 0.4) is 0 Å². The van der Waals surface area contributed by atoms with E-state index in [1.165, 1.54) is 6.07 Å². The van der Waals surface area contributed by atoms with Crippen LogP contribution in [0.2, 0.25) is 5.02 Å². The van der Waals surface area contributed by atoms with Gasteiger partial charge in [-0.1, -0.05) is 38.3 Å². The van der Waals surface area contributed by atoms with Crippen LogP contribution in [0.1, 0.15) is 45.1 Å². The molecule has 0 radical (unpaired) electrons. The quantitative estimate of drug-likeness (QED) is 0.613. The smallest absolute Gasteiger partial charge is 0.414 e. The maximum absolute atomic E-state index is 14.0. The first-order valence-electron chi connectivity index (χ1n) is 9.47. The number of carbonyl (C=O) groups is 2. The van der Waals surface area contributed by atoms with E-state index in [4.69, 9.17) is 31.4 Å². The number of carboxylic acids is 2. The van der Waals surface area contributed by atoms with Gasteiger partial charge in [0.15, 0.2) is 0 Å². The molecule has 0 bridgehead atoms. The van der Waals surface area contributed by atoms with Crippen LogP contribution in [0.4, 0.5) is 4.39 Å². The molecule has 0 aromatic heterocycles. The number of rotatable bonds is 6. The normalized spacial score (nSPS) is 21.7. The van der Waals surface area contributed by atoms with Gasteiger partial charge >= 0.3 is 11.9 Å². The van der Waals surface area contributed by atoms with Crippen LogP contribution in [0.15, 0.2) is 18.2 Å². The summed E-state index contributed by atoms with van der Waals surface area (Å²) in [5.74, 6) is -3.73. The van der Waals surface area contributed by atoms with E-state index in [1.54, 1.807) is 12.1 Å². The third-order valence-electron chi connectivity index (χ3n) is 5.23. The third-order valence-corrected chi connectivity index (χ3v) is 5.47. The second kappa shape index (κ2) is 11.3. The van der Waals surface area contributed by atoms with Gasteiger partial charge < -0.3 is 20.2 Å². The molecule has 0 spiro atoms. The molecule has 0 unspecified atom stereocenters. The maximum Gasteiger partial charge on any atom is 0.414 e. The van der Waals surface area contributed by atoms with Crippen LogP contribution >= 0.6 is 11.6 Å². The molecule has 1 aliphatic rings. The number of hydrogen-bond donors (Lipinski definition) is 3. The lowest BCUT2D eigenvalue weighted by Crippen LogP contribution is -2.48. The van der Waals surface area contributed by atoms with E-state index in [1.807, 2.05) is 0 Å². The first-order valence-corrected chi connectivity index (χ1v) is 9.85. The molecule has 1 saturated carbocycles. The van der Waals surface area contributed by atoms with Gasteiger partial charge in [-0.2, -0.15) is 0 Å². The van der Waals surface area contributed by atoms with Gasteiger partial charge in [0, 0.05) is 23.9 Å². The van der Waals surface area contributed by atoms with Gasteiger partial charge in [0.05, 0.1) is 5.60 Å². The van der Waals surface area contributed by atoms with Crippen LogP contribution in [0.25, 0.3) is 0 Å². The van der Waals surface area contributed by atoms with Gasteiger partial charge in [-0.15, -0.1) is 0 Å². The first kappa shape index (κ1) is 24.3. The summed E-state index contributed by atoms with van der Waals surface area (Å²) in [4.78, 5) is 20.5. The topological polar surface area (TPSA) is 98.1 Å². The van der Waals surface area contributed by atoms with Gasteiger partial charge in [-0.05, 0) is 49.7 Å². The second-order valence-corrected chi connectivity index (χ2v) is 7.49. The van der Waals surface area contributed by atoms with Crippen LogP contribution in [0.5, 0.6) is 0 Å². The van der Waals surface area contributed by atoms with Gasteiger partial charge in [-0.3, -0.25) is 0 Å². The summed E-state index contributed by atoms with van der Waals surface area (Å²) < 4.78 is 14.0. The molecule has 1 aliphatic carbocycles. The van der Waals surface area contributed by atoms with Crippen molar-refractivity contribution >= 4 is 23.5 Å². The molecule has 1 fully saturated rings. The van der Waals surface area contributed by atoms with E-state index in [2.05, 4.69) is 18.7 Å². The van der Waals surface area contributed by atoms with Crippen LogP contribution < -0.4 is 0 Å². The third kappa shape index (κ3) is 7.37. The molecule has 0 heterocycles. The monoisotopic (exact) mass is 417 g/mol. The largest absolute Gasteiger partial charge is 0.473 e. The molecule has 1 aromatic carbocycles. The van der Waals surface area contributed by atoms with Crippen molar-refractivity contribution in [2.24, 2.45) is 5.92 Å². The molecule has 2 rings (SSSR count). The molecular weight excluding hydrogens is 389 g/mol. The highest BCUT2D eigenvalue weighted by Crippen LogP contribution is 2.37. The summed E-state index contributed by atoms with van der Waals surface area (Å²) in [7, 11) is 0. The highest BCUT2D eigenvalue weighted by Gasteiger charge is 2.39. The molecule has 2 atom stereocenters. The van der Waals surface area contributed by atoms with Crippen molar-refractivity contribution < 1.29 is 29.3 Å². The standard InChI is InChI=1S/C18H27ClFNO.C2H2O4/c1-3-21(4-2)13-15-7-5-6-10-18(15,22)12-14-11-16(19)8-9-17(14)20;3-1(4)2(5)6/h8-9,11,15,22H,3-7,10,12-13H2,1-2H3;(H,3,4)(H,5,6)/t15-,18+;/m1./s1. The molecule has 8 heteroatoms. The van der Waals surface area contributed by atoms with Crippen molar-refractivity contribution in [2.45, 2.75) is 51.6 Å². The fourth-order valence-electron chi connectivity index (χ4n) is 3.59. The van der Waals surface area contributed by atoms with Crippen molar-refractivity contribution in [3.8, 4) is 0 Å². The Hall–Kier alpha value is -1.70. The summed E-state index contributed by atoms with van der Waals surface area (Å²) in [5.41, 5.74) is -0.298. The fraction of sp³-hybridized carbons (Fsp3) is 0.600. The molecule has 0 saturated heterocycles. The first-order chi connectivity index (χ1) is 13.1. The minimum absolute atomic E-state index is 0.194. The van der Waals surface area contributed by atoms with Crippen molar-refractivity contribution in [1.29, 1.82) is 0 Å². The molecule has 0 amide bonds. The SMILES string of the molecule is CCN(CC)C[C@H]1CCCC[C@]1(O)Cc1cc(Cl)ccc1F.O=C(O)C(=O)O. The Morgan fingerprint density at radius 3 is 2.36 bits per heavy atom. The summed E-state index contributed by atoms with van der Waals surface area (Å²) in [5, 5.41) is 26.5. The Morgan fingerprint density at radius 2 is 1.82 bits per heavy atom. The summed E-state index contributed by atoms with van der Waals surface area (Å²) in [6.07, 6.45) is 4.26. The lowest BCUT2D eigenvalue weighted by Gasteiger charge is -2.42. The average molecular weight is 418 g/mol. The summed E-state index contributed by atoms with van der Waals surface area (Å²) in [6.45, 7) is 7.12. The van der Waals surface area contributed by atoms with E-state index < -0.39 is 17.5 Å². The number of aliphatic carboxylic acids is 2. The molecular formula is C20H29ClFNO5. The maximum atomic E-state index is 14.0. The van der Waals surface area contributed by atoms with E-state index in [-0.39, 0.29) is 11.7 Å². The van der Waals surface area contributed by atoms with Crippen LogP contribution in [-0.4, -0.2) is 57.4 Å². The summed E-state index contributed by atoms with van der Waals surface area (Å²) >= 11 is 5.99. The zero-order chi connectivity index (χ0) is 21.3. The van der Waals surface area contributed by atoms with Crippen LogP contribution in [0, 0.1) is 11.7 Å².